The van der Waals surface area contributed by atoms with E-state index in [0.29, 0.717) is 0 Å². The van der Waals surface area contributed by atoms with Gasteiger partial charge in [-0.3, -0.25) is 0 Å². The zero-order valence-corrected chi connectivity index (χ0v) is 26.1. The highest BCUT2D eigenvalue weighted by molar-refractivity contribution is 6.36. The van der Waals surface area contributed by atoms with Crippen LogP contribution in [0.25, 0.3) is 76.2 Å². The van der Waals surface area contributed by atoms with Gasteiger partial charge in [-0.25, -0.2) is 0 Å². The lowest BCUT2D eigenvalue weighted by molar-refractivity contribution is 0.669. The molecule has 10 aromatic rings. The number of benzene rings is 9. The van der Waals surface area contributed by atoms with Crippen LogP contribution in [0.3, 0.4) is 0 Å². The van der Waals surface area contributed by atoms with Crippen LogP contribution in [0.15, 0.2) is 180 Å². The Labute approximate surface area is 277 Å². The highest BCUT2D eigenvalue weighted by atomic mass is 16.3. The van der Waals surface area contributed by atoms with E-state index in [4.69, 9.17) is 4.42 Å². The van der Waals surface area contributed by atoms with Crippen LogP contribution in [0.1, 0.15) is 0 Å². The summed E-state index contributed by atoms with van der Waals surface area (Å²) >= 11 is 0. The van der Waals surface area contributed by atoms with Crippen molar-refractivity contribution in [3.63, 3.8) is 0 Å². The van der Waals surface area contributed by atoms with E-state index in [9.17, 15) is 0 Å². The number of hydrogen-bond donors (Lipinski definition) is 0. The average molecular weight is 612 g/mol. The predicted octanol–water partition coefficient (Wildman–Crippen LogP) is 13.3. The summed E-state index contributed by atoms with van der Waals surface area (Å²) in [5, 5.41) is 12.2. The Morgan fingerprint density at radius 2 is 0.938 bits per heavy atom. The molecule has 48 heavy (non-hydrogen) atoms. The van der Waals surface area contributed by atoms with Crippen molar-refractivity contribution >= 4 is 82.1 Å². The standard InChI is InChI=1S/C46H29NO/c1-2-13-34(14-3-1)47(35-25-23-31(24-26-35)33-22-21-30-11-4-5-12-32(30)29-33)41-19-10-18-37-39-27-28-43-46(40-17-8-9-20-42(40)48-43)45(39)38-16-7-6-15-36(38)44(37)41/h1-29H. The maximum Gasteiger partial charge on any atom is 0.136 e. The van der Waals surface area contributed by atoms with E-state index in [1.165, 1.54) is 59.6 Å². The number of rotatable bonds is 4. The summed E-state index contributed by atoms with van der Waals surface area (Å²) in [5.74, 6) is 0. The molecule has 9 aromatic carbocycles. The van der Waals surface area contributed by atoms with Crippen molar-refractivity contribution in [2.45, 2.75) is 0 Å². The molecule has 0 unspecified atom stereocenters. The molecule has 2 nitrogen and oxygen atoms in total. The van der Waals surface area contributed by atoms with E-state index < -0.39 is 0 Å². The first-order valence-electron chi connectivity index (χ1n) is 16.4. The fourth-order valence-corrected chi connectivity index (χ4v) is 7.65. The first-order chi connectivity index (χ1) is 23.8. The maximum atomic E-state index is 6.35. The van der Waals surface area contributed by atoms with Crippen molar-refractivity contribution in [1.82, 2.24) is 0 Å². The van der Waals surface area contributed by atoms with E-state index in [1.807, 2.05) is 6.07 Å². The number of nitrogens with zero attached hydrogens (tertiary/aromatic N) is 1. The minimum Gasteiger partial charge on any atom is -0.456 e. The Hall–Kier alpha value is -6.38. The quantitative estimate of drug-likeness (QED) is 0.184. The Balaban J connectivity index is 1.23. The van der Waals surface area contributed by atoms with Crippen LogP contribution < -0.4 is 4.90 Å². The monoisotopic (exact) mass is 611 g/mol. The summed E-state index contributed by atoms with van der Waals surface area (Å²) in [7, 11) is 0. The molecule has 0 bridgehead atoms. The highest BCUT2D eigenvalue weighted by Gasteiger charge is 2.21. The lowest BCUT2D eigenvalue weighted by Gasteiger charge is -2.28. The minimum absolute atomic E-state index is 0.917. The van der Waals surface area contributed by atoms with E-state index >= 15 is 0 Å². The number of hydrogen-bond acceptors (Lipinski definition) is 2. The Morgan fingerprint density at radius 1 is 0.333 bits per heavy atom. The second kappa shape index (κ2) is 10.6. The molecule has 0 amide bonds. The van der Waals surface area contributed by atoms with Crippen molar-refractivity contribution in [1.29, 1.82) is 0 Å². The van der Waals surface area contributed by atoms with Crippen LogP contribution in [0.5, 0.6) is 0 Å². The van der Waals surface area contributed by atoms with Crippen molar-refractivity contribution in [2.75, 3.05) is 4.90 Å². The highest BCUT2D eigenvalue weighted by Crippen LogP contribution is 2.47. The maximum absolute atomic E-state index is 6.35. The summed E-state index contributed by atoms with van der Waals surface area (Å²) in [5.41, 5.74) is 7.62. The third-order valence-corrected chi connectivity index (χ3v) is 9.81. The Kier molecular flexibility index (Phi) is 5.91. The summed E-state index contributed by atoms with van der Waals surface area (Å²) in [6.07, 6.45) is 0. The fourth-order valence-electron chi connectivity index (χ4n) is 7.65. The van der Waals surface area contributed by atoms with Gasteiger partial charge in [0.05, 0.1) is 5.69 Å². The molecule has 0 aliphatic carbocycles. The predicted molar refractivity (Wildman–Crippen MR) is 204 cm³/mol. The molecule has 0 radical (unpaired) electrons. The van der Waals surface area contributed by atoms with Crippen LogP contribution in [-0.2, 0) is 0 Å². The number of para-hydroxylation sites is 2. The van der Waals surface area contributed by atoms with Gasteiger partial charge in [-0.2, -0.15) is 0 Å². The first kappa shape index (κ1) is 26.8. The number of furan rings is 1. The molecule has 1 heterocycles. The normalized spacial score (nSPS) is 11.8. The summed E-state index contributed by atoms with van der Waals surface area (Å²) in [6.45, 7) is 0. The van der Waals surface area contributed by atoms with Gasteiger partial charge in [-0.05, 0) is 98.0 Å². The molecule has 0 fully saturated rings. The van der Waals surface area contributed by atoms with Crippen LogP contribution in [0, 0.1) is 0 Å². The molecular formula is C46H29NO. The molecule has 0 aliphatic heterocycles. The zero-order chi connectivity index (χ0) is 31.6. The number of fused-ring (bicyclic) bond motifs is 11. The van der Waals surface area contributed by atoms with E-state index in [0.717, 1.165) is 33.6 Å². The fraction of sp³-hybridized carbons (Fsp3) is 0. The lowest BCUT2D eigenvalue weighted by atomic mass is 9.90. The summed E-state index contributed by atoms with van der Waals surface area (Å²) < 4.78 is 6.35. The molecule has 10 rings (SSSR count). The molecule has 0 spiro atoms. The van der Waals surface area contributed by atoms with Crippen molar-refractivity contribution in [3.8, 4) is 11.1 Å². The molecule has 0 aliphatic rings. The minimum atomic E-state index is 0.917. The van der Waals surface area contributed by atoms with Gasteiger partial charge >= 0.3 is 0 Å². The van der Waals surface area contributed by atoms with Crippen molar-refractivity contribution < 1.29 is 4.42 Å². The van der Waals surface area contributed by atoms with Crippen LogP contribution in [0.2, 0.25) is 0 Å². The van der Waals surface area contributed by atoms with Gasteiger partial charge in [-0.15, -0.1) is 0 Å². The second-order valence-corrected chi connectivity index (χ2v) is 12.5. The largest absolute Gasteiger partial charge is 0.456 e. The molecule has 0 saturated heterocycles. The summed E-state index contributed by atoms with van der Waals surface area (Å²) in [6, 6.07) is 63.3. The van der Waals surface area contributed by atoms with Gasteiger partial charge in [-0.1, -0.05) is 121 Å². The molecule has 0 atom stereocenters. The molecule has 0 N–H and O–H groups in total. The van der Waals surface area contributed by atoms with E-state index in [1.54, 1.807) is 0 Å². The van der Waals surface area contributed by atoms with Crippen molar-refractivity contribution in [2.24, 2.45) is 0 Å². The molecule has 1 aromatic heterocycles. The smallest absolute Gasteiger partial charge is 0.136 e. The third-order valence-electron chi connectivity index (χ3n) is 9.81. The van der Waals surface area contributed by atoms with Gasteiger partial charge in [0.2, 0.25) is 0 Å². The lowest BCUT2D eigenvalue weighted by Crippen LogP contribution is -2.10. The molecule has 224 valence electrons. The van der Waals surface area contributed by atoms with Gasteiger partial charge in [0.15, 0.2) is 0 Å². The average Bonchev–Trinajstić information content (AvgIpc) is 3.54. The zero-order valence-electron chi connectivity index (χ0n) is 26.1. The SMILES string of the molecule is c1ccc(N(c2ccc(-c3ccc4ccccc4c3)cc2)c2cccc3c4ccc5oc6ccccc6c5c4c4ccccc4c23)cc1. The Morgan fingerprint density at radius 3 is 1.75 bits per heavy atom. The first-order valence-corrected chi connectivity index (χ1v) is 16.4. The van der Waals surface area contributed by atoms with Crippen LogP contribution in [-0.4, -0.2) is 0 Å². The molecular weight excluding hydrogens is 583 g/mol. The van der Waals surface area contributed by atoms with Gasteiger partial charge in [0.25, 0.3) is 0 Å². The van der Waals surface area contributed by atoms with Gasteiger partial charge < -0.3 is 9.32 Å². The third kappa shape index (κ3) is 4.06. The van der Waals surface area contributed by atoms with Crippen LogP contribution in [0.4, 0.5) is 17.1 Å². The molecule has 2 heteroatoms. The van der Waals surface area contributed by atoms with Gasteiger partial charge in [0.1, 0.15) is 11.2 Å². The molecule has 0 saturated carbocycles. The summed E-state index contributed by atoms with van der Waals surface area (Å²) in [4.78, 5) is 2.40. The van der Waals surface area contributed by atoms with Crippen molar-refractivity contribution in [3.05, 3.63) is 176 Å². The van der Waals surface area contributed by atoms with E-state index in [-0.39, 0.29) is 0 Å². The second-order valence-electron chi connectivity index (χ2n) is 12.5. The topological polar surface area (TPSA) is 16.4 Å². The number of anilines is 3. The van der Waals surface area contributed by atoms with Gasteiger partial charge in [0, 0.05) is 32.9 Å². The Bertz CT molecular complexity index is 2800. The van der Waals surface area contributed by atoms with Crippen LogP contribution >= 0.6 is 0 Å². The van der Waals surface area contributed by atoms with E-state index in [2.05, 4.69) is 175 Å².